The third kappa shape index (κ3) is 9.24. The van der Waals surface area contributed by atoms with Crippen LogP contribution in [0.1, 0.15) is 58.1 Å². The number of halogens is 2. The molecule has 0 aromatic heterocycles. The Morgan fingerprint density at radius 3 is 2.00 bits per heavy atom. The second-order valence-electron chi connectivity index (χ2n) is 15.8. The first kappa shape index (κ1) is 38.4. The summed E-state index contributed by atoms with van der Waals surface area (Å²) in [7, 11) is 7.79. The summed E-state index contributed by atoms with van der Waals surface area (Å²) in [4.78, 5) is 0. The van der Waals surface area contributed by atoms with E-state index in [-0.39, 0.29) is 5.41 Å². The van der Waals surface area contributed by atoms with Gasteiger partial charge in [-0.2, -0.15) is 35.5 Å². The molecule has 0 spiro atoms. The number of rotatable bonds is 5. The molecule has 244 valence electrons. The zero-order valence-corrected chi connectivity index (χ0v) is 37.1. The van der Waals surface area contributed by atoms with E-state index in [9.17, 15) is 0 Å². The van der Waals surface area contributed by atoms with Crippen LogP contribution in [-0.2, 0) is 26.3 Å². The Balaban J connectivity index is 0.000000255. The van der Waals surface area contributed by atoms with Crippen molar-refractivity contribution in [3.63, 3.8) is 0 Å². The molecule has 6 rings (SSSR count). The van der Waals surface area contributed by atoms with Gasteiger partial charge in [0.15, 0.2) is 0 Å². The van der Waals surface area contributed by atoms with Crippen molar-refractivity contribution in [2.45, 2.75) is 91.7 Å². The van der Waals surface area contributed by atoms with Gasteiger partial charge in [0.05, 0.1) is 25.7 Å². The molecule has 2 radical (unpaired) electrons. The molecule has 0 saturated carbocycles. The summed E-state index contributed by atoms with van der Waals surface area (Å²) in [5.41, 5.74) is 8.73. The summed E-state index contributed by atoms with van der Waals surface area (Å²) in [6, 6.07) is 35.5. The minimum atomic E-state index is -1.43. The van der Waals surface area contributed by atoms with Crippen molar-refractivity contribution in [1.29, 1.82) is 0 Å². The third-order valence-corrected chi connectivity index (χ3v) is 14.6. The van der Waals surface area contributed by atoms with Gasteiger partial charge < -0.3 is 0 Å². The van der Waals surface area contributed by atoms with Crippen molar-refractivity contribution in [3.05, 3.63) is 102 Å². The van der Waals surface area contributed by atoms with E-state index >= 15 is 0 Å². The number of hydrogen-bond acceptors (Lipinski definition) is 0. The van der Waals surface area contributed by atoms with Gasteiger partial charge in [-0.3, -0.25) is 0 Å². The van der Waals surface area contributed by atoms with E-state index in [2.05, 4.69) is 159 Å². The van der Waals surface area contributed by atoms with E-state index in [0.29, 0.717) is 5.92 Å². The molecule has 0 bridgehead atoms. The largest absolute Gasteiger partial charge is 0.184 e. The van der Waals surface area contributed by atoms with Crippen LogP contribution in [0, 0.1) is 6.07 Å². The number of benzene rings is 4. The molecule has 5 aromatic carbocycles. The van der Waals surface area contributed by atoms with Gasteiger partial charge in [-0.15, -0.1) is 40.1 Å². The average Bonchev–Trinajstić information content (AvgIpc) is 3.61. The van der Waals surface area contributed by atoms with Crippen LogP contribution in [0.4, 0.5) is 0 Å². The monoisotopic (exact) mass is 786 g/mol. The molecule has 5 aromatic rings. The summed E-state index contributed by atoms with van der Waals surface area (Å²) in [6.45, 7) is 26.6. The molecule has 1 unspecified atom stereocenters. The molecule has 0 saturated heterocycles. The van der Waals surface area contributed by atoms with Crippen LogP contribution >= 0.6 is 17.0 Å². The van der Waals surface area contributed by atoms with Crippen LogP contribution in [0.5, 0.6) is 0 Å². The summed E-state index contributed by atoms with van der Waals surface area (Å²) < 4.78 is 0. The van der Waals surface area contributed by atoms with Crippen molar-refractivity contribution in [1.82, 2.24) is 0 Å². The molecule has 1 aliphatic heterocycles. The molecule has 1 aliphatic rings. The molecule has 47 heavy (non-hydrogen) atoms. The number of fused-ring (bicyclic) bond motifs is 4. The fraction of sp³-hybridized carbons (Fsp3) is 0.341. The quantitative estimate of drug-likeness (QED) is 0.121. The Kier molecular flexibility index (Phi) is 12.8. The van der Waals surface area contributed by atoms with Crippen molar-refractivity contribution >= 4 is 74.2 Å². The van der Waals surface area contributed by atoms with Crippen LogP contribution < -0.4 is 20.7 Å². The van der Waals surface area contributed by atoms with E-state index in [1.165, 1.54) is 60.9 Å². The zero-order valence-electron chi connectivity index (χ0n) is 30.1. The molecule has 1 atom stereocenters. The second-order valence-corrected chi connectivity index (χ2v) is 31.0. The summed E-state index contributed by atoms with van der Waals surface area (Å²) >= 11 is -0.826. The Bertz CT molecular complexity index is 1740. The van der Waals surface area contributed by atoms with Gasteiger partial charge in [0.2, 0.25) is 0 Å². The molecule has 0 fully saturated rings. The van der Waals surface area contributed by atoms with Crippen LogP contribution in [0.2, 0.25) is 39.3 Å². The van der Waals surface area contributed by atoms with Gasteiger partial charge in [0.1, 0.15) is 0 Å². The van der Waals surface area contributed by atoms with Gasteiger partial charge in [-0.25, -0.2) is 0 Å². The van der Waals surface area contributed by atoms with Crippen molar-refractivity contribution in [2.75, 3.05) is 0 Å². The van der Waals surface area contributed by atoms with Crippen LogP contribution in [-0.4, -0.2) is 25.7 Å². The van der Waals surface area contributed by atoms with Crippen molar-refractivity contribution < 1.29 is 20.8 Å². The molecule has 0 N–H and O–H groups in total. The molecular weight excluding hydrogens is 739 g/mol. The predicted molar refractivity (Wildman–Crippen MR) is 216 cm³/mol. The van der Waals surface area contributed by atoms with Gasteiger partial charge in [0, 0.05) is 0 Å². The van der Waals surface area contributed by atoms with E-state index in [1.54, 1.807) is 10.4 Å². The van der Waals surface area contributed by atoms with E-state index in [0.717, 1.165) is 9.52 Å². The molecule has 0 amide bonds. The first-order chi connectivity index (χ1) is 22.0. The van der Waals surface area contributed by atoms with E-state index in [1.807, 2.05) is 6.07 Å². The van der Waals surface area contributed by atoms with E-state index < -0.39 is 37.0 Å². The minimum Gasteiger partial charge on any atom is -0.184 e. The average molecular weight is 789 g/mol. The van der Waals surface area contributed by atoms with Crippen LogP contribution in [0.25, 0.3) is 33.0 Å². The normalized spacial score (nSPS) is 13.0. The standard InChI is InChI=1S/C29H43Si2.C12H7Si.2ClH.Zr/c1-12-20(2)22-15-21-13-14-27(29(3,4)5)28(26(21)18-22)23-16-24(30(6,7)8)19-25(17-23)31(9,10)11;1-3-7-11-9(5-1)10-6-2-4-8-12(10)13-11;;;/h13-20H,12H2,1-11H3;1-7H;2*1H;/q2*-1;;;+4/p-2. The minimum absolute atomic E-state index is 0.103. The summed E-state index contributed by atoms with van der Waals surface area (Å²) in [5.74, 6) is 0.601. The molecular formula is C41H50Cl2Si3Zr. The van der Waals surface area contributed by atoms with Gasteiger partial charge in [-0.05, 0) is 16.9 Å². The zero-order chi connectivity index (χ0) is 34.7. The summed E-state index contributed by atoms with van der Waals surface area (Å²) in [6.07, 6.45) is 1.18. The van der Waals surface area contributed by atoms with Crippen molar-refractivity contribution in [3.8, 4) is 22.3 Å². The summed E-state index contributed by atoms with van der Waals surface area (Å²) in [5, 5.41) is 8.84. The van der Waals surface area contributed by atoms with Crippen LogP contribution in [0.15, 0.2) is 84.9 Å². The molecule has 0 aliphatic carbocycles. The fourth-order valence-electron chi connectivity index (χ4n) is 6.13. The van der Waals surface area contributed by atoms with Crippen LogP contribution in [0.3, 0.4) is 0 Å². The second kappa shape index (κ2) is 15.7. The molecule has 1 heterocycles. The Hall–Kier alpha value is -1.40. The third-order valence-electron chi connectivity index (χ3n) is 9.19. The maximum Gasteiger partial charge on any atom is 0.0920 e. The van der Waals surface area contributed by atoms with Gasteiger partial charge in [0.25, 0.3) is 0 Å². The number of hydrogen-bond donors (Lipinski definition) is 0. The first-order valence-corrected chi connectivity index (χ1v) is 31.1. The topological polar surface area (TPSA) is 0 Å². The maximum absolute atomic E-state index is 4.93. The first-order valence-electron chi connectivity index (χ1n) is 16.7. The maximum atomic E-state index is 4.93. The van der Waals surface area contributed by atoms with Crippen molar-refractivity contribution in [2.24, 2.45) is 0 Å². The molecule has 0 nitrogen and oxygen atoms in total. The van der Waals surface area contributed by atoms with Gasteiger partial charge >= 0.3 is 37.9 Å². The Labute approximate surface area is 308 Å². The Morgan fingerprint density at radius 1 is 0.830 bits per heavy atom. The van der Waals surface area contributed by atoms with Gasteiger partial charge in [-0.1, -0.05) is 155 Å². The molecule has 6 heteroatoms. The smallest absolute Gasteiger partial charge is 0.0920 e. The SMILES string of the molecule is CCC(C)c1cc2c(-c3cc([Si](C)(C)C)cc([Si](C)(C)C)c3)c(C(C)(C)C)ccc2[cH-]1.[Cl][Zr+2][Cl].[c-]1cccc2c1[Si]c1ccccc1-2. The van der Waals surface area contributed by atoms with E-state index in [4.69, 9.17) is 17.0 Å². The Morgan fingerprint density at radius 2 is 1.43 bits per heavy atom. The fourth-order valence-corrected chi connectivity index (χ4v) is 9.93. The predicted octanol–water partition coefficient (Wildman–Crippen LogP) is 10.6.